The van der Waals surface area contributed by atoms with E-state index in [9.17, 15) is 4.79 Å². The lowest BCUT2D eigenvalue weighted by atomic mass is 9.97. The van der Waals surface area contributed by atoms with E-state index in [-0.39, 0.29) is 11.8 Å². The van der Waals surface area contributed by atoms with Gasteiger partial charge in [0.2, 0.25) is 5.91 Å². The molecule has 4 unspecified atom stereocenters. The minimum Gasteiger partial charge on any atom is -0.353 e. The first-order valence-electron chi connectivity index (χ1n) is 6.23. The standard InChI is InChI=1S/C12H22N2O/c1-3-4-9-5-11(9)14-12(15)10-7-13-6-8(10)2/h8-11,13H,3-7H2,1-2H3,(H,14,15). The zero-order valence-electron chi connectivity index (χ0n) is 9.75. The quantitative estimate of drug-likeness (QED) is 0.731. The van der Waals surface area contributed by atoms with Crippen molar-refractivity contribution in [1.82, 2.24) is 10.6 Å². The van der Waals surface area contributed by atoms with Gasteiger partial charge in [0.25, 0.3) is 0 Å². The smallest absolute Gasteiger partial charge is 0.224 e. The van der Waals surface area contributed by atoms with Gasteiger partial charge in [0.1, 0.15) is 0 Å². The van der Waals surface area contributed by atoms with Gasteiger partial charge in [-0.2, -0.15) is 0 Å². The van der Waals surface area contributed by atoms with Gasteiger partial charge in [0.15, 0.2) is 0 Å². The number of hydrogen-bond donors (Lipinski definition) is 2. The molecule has 0 bridgehead atoms. The Morgan fingerprint density at radius 2 is 2.27 bits per heavy atom. The zero-order chi connectivity index (χ0) is 10.8. The Morgan fingerprint density at radius 3 is 2.87 bits per heavy atom. The van der Waals surface area contributed by atoms with Crippen LogP contribution in [0.3, 0.4) is 0 Å². The largest absolute Gasteiger partial charge is 0.353 e. The van der Waals surface area contributed by atoms with Crippen molar-refractivity contribution in [3.05, 3.63) is 0 Å². The van der Waals surface area contributed by atoms with Crippen molar-refractivity contribution in [3.63, 3.8) is 0 Å². The topological polar surface area (TPSA) is 41.1 Å². The summed E-state index contributed by atoms with van der Waals surface area (Å²) in [5.41, 5.74) is 0. The van der Waals surface area contributed by atoms with Crippen molar-refractivity contribution < 1.29 is 4.79 Å². The average molecular weight is 210 g/mol. The number of amides is 1. The molecule has 2 rings (SSSR count). The highest BCUT2D eigenvalue weighted by Crippen LogP contribution is 2.35. The maximum absolute atomic E-state index is 11.9. The van der Waals surface area contributed by atoms with Crippen LogP contribution in [0.25, 0.3) is 0 Å². The second-order valence-electron chi connectivity index (χ2n) is 5.14. The number of hydrogen-bond acceptors (Lipinski definition) is 2. The third-order valence-corrected chi connectivity index (χ3v) is 3.76. The second kappa shape index (κ2) is 4.52. The van der Waals surface area contributed by atoms with E-state index in [0.717, 1.165) is 19.0 Å². The van der Waals surface area contributed by atoms with Crippen LogP contribution in [0.4, 0.5) is 0 Å². The predicted molar refractivity (Wildman–Crippen MR) is 60.5 cm³/mol. The van der Waals surface area contributed by atoms with Crippen LogP contribution in [0.2, 0.25) is 0 Å². The fourth-order valence-corrected chi connectivity index (χ4v) is 2.57. The summed E-state index contributed by atoms with van der Waals surface area (Å²) in [6.07, 6.45) is 3.70. The molecule has 0 aromatic carbocycles. The summed E-state index contributed by atoms with van der Waals surface area (Å²) in [5.74, 6) is 1.74. The Hall–Kier alpha value is -0.570. The van der Waals surface area contributed by atoms with Gasteiger partial charge in [-0.15, -0.1) is 0 Å². The molecule has 1 aliphatic heterocycles. The van der Waals surface area contributed by atoms with Crippen molar-refractivity contribution in [2.45, 2.75) is 39.2 Å². The van der Waals surface area contributed by atoms with E-state index in [1.165, 1.54) is 19.3 Å². The molecule has 15 heavy (non-hydrogen) atoms. The maximum Gasteiger partial charge on any atom is 0.224 e. The molecule has 1 aliphatic carbocycles. The fraction of sp³-hybridized carbons (Fsp3) is 0.917. The minimum atomic E-state index is 0.202. The Labute approximate surface area is 92.0 Å². The molecule has 0 aromatic rings. The Morgan fingerprint density at radius 1 is 1.47 bits per heavy atom. The molecule has 0 spiro atoms. The van der Waals surface area contributed by atoms with Gasteiger partial charge in [-0.1, -0.05) is 20.3 Å². The Balaban J connectivity index is 1.74. The summed E-state index contributed by atoms with van der Waals surface area (Å²) in [6.45, 7) is 6.21. The van der Waals surface area contributed by atoms with E-state index in [1.54, 1.807) is 0 Å². The van der Waals surface area contributed by atoms with Crippen LogP contribution >= 0.6 is 0 Å². The molecule has 0 aromatic heterocycles. The maximum atomic E-state index is 11.9. The molecule has 2 aliphatic rings. The van der Waals surface area contributed by atoms with Crippen LogP contribution < -0.4 is 10.6 Å². The van der Waals surface area contributed by atoms with Gasteiger partial charge in [-0.3, -0.25) is 4.79 Å². The normalized spacial score (nSPS) is 39.1. The molecule has 1 amide bonds. The van der Waals surface area contributed by atoms with Crippen molar-refractivity contribution >= 4 is 5.91 Å². The van der Waals surface area contributed by atoms with Crippen molar-refractivity contribution in [2.75, 3.05) is 13.1 Å². The lowest BCUT2D eigenvalue weighted by Gasteiger charge is -2.14. The Kier molecular flexibility index (Phi) is 3.29. The van der Waals surface area contributed by atoms with Gasteiger partial charge < -0.3 is 10.6 Å². The van der Waals surface area contributed by atoms with E-state index in [0.29, 0.717) is 12.0 Å². The summed E-state index contributed by atoms with van der Waals surface area (Å²) in [6, 6.07) is 0.491. The molecular weight excluding hydrogens is 188 g/mol. The third kappa shape index (κ3) is 2.51. The number of carbonyl (C=O) groups excluding carboxylic acids is 1. The SMILES string of the molecule is CCCC1CC1NC(=O)C1CNCC1C. The summed E-state index contributed by atoms with van der Waals surface area (Å²) >= 11 is 0. The lowest BCUT2D eigenvalue weighted by molar-refractivity contribution is -0.125. The van der Waals surface area contributed by atoms with E-state index in [2.05, 4.69) is 24.5 Å². The van der Waals surface area contributed by atoms with Crippen molar-refractivity contribution in [3.8, 4) is 0 Å². The highest BCUT2D eigenvalue weighted by molar-refractivity contribution is 5.80. The molecule has 3 nitrogen and oxygen atoms in total. The van der Waals surface area contributed by atoms with Gasteiger partial charge in [0, 0.05) is 12.6 Å². The van der Waals surface area contributed by atoms with Crippen LogP contribution in [-0.4, -0.2) is 25.0 Å². The average Bonchev–Trinajstić information content (AvgIpc) is 2.76. The molecule has 86 valence electrons. The molecular formula is C12H22N2O. The van der Waals surface area contributed by atoms with Crippen LogP contribution in [0.15, 0.2) is 0 Å². The highest BCUT2D eigenvalue weighted by atomic mass is 16.2. The van der Waals surface area contributed by atoms with E-state index >= 15 is 0 Å². The van der Waals surface area contributed by atoms with Gasteiger partial charge in [-0.05, 0) is 31.2 Å². The molecule has 1 saturated carbocycles. The summed E-state index contributed by atoms with van der Waals surface area (Å²) in [5, 5.41) is 6.45. The molecule has 0 radical (unpaired) electrons. The fourth-order valence-electron chi connectivity index (χ4n) is 2.57. The van der Waals surface area contributed by atoms with E-state index in [1.807, 2.05) is 0 Å². The molecule has 2 N–H and O–H groups in total. The third-order valence-electron chi connectivity index (χ3n) is 3.76. The molecule has 4 atom stereocenters. The first kappa shape index (κ1) is 10.9. The van der Waals surface area contributed by atoms with E-state index in [4.69, 9.17) is 0 Å². The number of carbonyl (C=O) groups is 1. The predicted octanol–water partition coefficient (Wildman–Crippen LogP) is 1.15. The number of nitrogens with one attached hydrogen (secondary N) is 2. The number of rotatable bonds is 4. The summed E-state index contributed by atoms with van der Waals surface area (Å²) < 4.78 is 0. The Bertz CT molecular complexity index is 242. The van der Waals surface area contributed by atoms with Gasteiger partial charge in [-0.25, -0.2) is 0 Å². The second-order valence-corrected chi connectivity index (χ2v) is 5.14. The van der Waals surface area contributed by atoms with E-state index < -0.39 is 0 Å². The summed E-state index contributed by atoms with van der Waals surface area (Å²) in [7, 11) is 0. The van der Waals surface area contributed by atoms with Gasteiger partial charge in [0.05, 0.1) is 5.92 Å². The molecule has 3 heteroatoms. The molecule has 1 heterocycles. The van der Waals surface area contributed by atoms with Crippen LogP contribution in [0.1, 0.15) is 33.1 Å². The first-order chi connectivity index (χ1) is 7.22. The highest BCUT2D eigenvalue weighted by Gasteiger charge is 2.39. The van der Waals surface area contributed by atoms with Crippen LogP contribution in [0.5, 0.6) is 0 Å². The van der Waals surface area contributed by atoms with Crippen molar-refractivity contribution in [1.29, 1.82) is 0 Å². The summed E-state index contributed by atoms with van der Waals surface area (Å²) in [4.78, 5) is 11.9. The molecule has 2 fully saturated rings. The lowest BCUT2D eigenvalue weighted by Crippen LogP contribution is -2.36. The van der Waals surface area contributed by atoms with Crippen LogP contribution in [-0.2, 0) is 4.79 Å². The zero-order valence-corrected chi connectivity index (χ0v) is 9.75. The first-order valence-corrected chi connectivity index (χ1v) is 6.23. The molecule has 1 saturated heterocycles. The monoisotopic (exact) mass is 210 g/mol. The van der Waals surface area contributed by atoms with Gasteiger partial charge >= 0.3 is 0 Å². The van der Waals surface area contributed by atoms with Crippen LogP contribution in [0, 0.1) is 17.8 Å². The minimum absolute atomic E-state index is 0.202. The van der Waals surface area contributed by atoms with Crippen molar-refractivity contribution in [2.24, 2.45) is 17.8 Å².